The number of aryl methyl sites for hydroxylation is 1. The summed E-state index contributed by atoms with van der Waals surface area (Å²) in [5.74, 6) is -1.41. The van der Waals surface area contributed by atoms with Crippen LogP contribution in [0.15, 0.2) is 53.6 Å². The molecule has 0 spiro atoms. The molecule has 2 aromatic carbocycles. The minimum Gasteiger partial charge on any atom is -0.484 e. The maximum Gasteiger partial charge on any atom is 0.329 e. The topological polar surface area (TPSA) is 118 Å². The highest BCUT2D eigenvalue weighted by Crippen LogP contribution is 2.16. The largest absolute Gasteiger partial charge is 0.484 e. The zero-order chi connectivity index (χ0) is 22.5. The Bertz CT molecular complexity index is 912. The standard InChI is InChI=1S/C22H26N4O5/c1-3-17-6-4-5-7-19(17)25-20(27)15-31-18-10-8-16(9-11-18)14-24-26-22(29)21(28)23-12-13-30-2/h4-11,14H,3,12-13,15H2,1-2H3,(H,23,28)(H,25,27)(H,26,29)/b24-14-. The number of hydrazone groups is 1. The molecule has 31 heavy (non-hydrogen) atoms. The van der Waals surface area contributed by atoms with Crippen molar-refractivity contribution >= 4 is 29.6 Å². The van der Waals surface area contributed by atoms with Crippen molar-refractivity contribution < 1.29 is 23.9 Å². The fourth-order valence-corrected chi connectivity index (χ4v) is 2.50. The van der Waals surface area contributed by atoms with Crippen molar-refractivity contribution in [3.05, 3.63) is 59.7 Å². The maximum atomic E-state index is 12.1. The molecule has 0 bridgehead atoms. The van der Waals surface area contributed by atoms with Gasteiger partial charge in [-0.1, -0.05) is 25.1 Å². The fraction of sp³-hybridized carbons (Fsp3) is 0.273. The number of nitrogens with one attached hydrogen (secondary N) is 3. The Morgan fingerprint density at radius 2 is 1.77 bits per heavy atom. The molecular formula is C22H26N4O5. The van der Waals surface area contributed by atoms with E-state index in [1.807, 2.05) is 31.2 Å². The van der Waals surface area contributed by atoms with Crippen molar-refractivity contribution in [2.45, 2.75) is 13.3 Å². The quantitative estimate of drug-likeness (QED) is 0.230. The second-order valence-corrected chi connectivity index (χ2v) is 6.36. The molecular weight excluding hydrogens is 400 g/mol. The van der Waals surface area contributed by atoms with Crippen LogP contribution >= 0.6 is 0 Å². The number of anilines is 1. The predicted molar refractivity (Wildman–Crippen MR) is 117 cm³/mol. The lowest BCUT2D eigenvalue weighted by atomic mass is 10.1. The Balaban J connectivity index is 1.77. The lowest BCUT2D eigenvalue weighted by molar-refractivity contribution is -0.139. The highest BCUT2D eigenvalue weighted by molar-refractivity contribution is 6.35. The van der Waals surface area contributed by atoms with Crippen LogP contribution in [-0.4, -0.2) is 50.8 Å². The first-order valence-electron chi connectivity index (χ1n) is 9.74. The maximum absolute atomic E-state index is 12.1. The van der Waals surface area contributed by atoms with Crippen molar-refractivity contribution in [2.24, 2.45) is 5.10 Å². The van der Waals surface area contributed by atoms with E-state index in [0.717, 1.165) is 17.7 Å². The summed E-state index contributed by atoms with van der Waals surface area (Å²) in [5, 5.41) is 8.96. The summed E-state index contributed by atoms with van der Waals surface area (Å²) in [6.45, 7) is 2.44. The van der Waals surface area contributed by atoms with E-state index in [1.165, 1.54) is 13.3 Å². The lowest BCUT2D eigenvalue weighted by Gasteiger charge is -2.10. The molecule has 9 nitrogen and oxygen atoms in total. The van der Waals surface area contributed by atoms with Crippen molar-refractivity contribution in [3.63, 3.8) is 0 Å². The van der Waals surface area contributed by atoms with Gasteiger partial charge in [-0.3, -0.25) is 14.4 Å². The van der Waals surface area contributed by atoms with E-state index >= 15 is 0 Å². The molecule has 0 atom stereocenters. The molecule has 0 aliphatic rings. The number of ether oxygens (including phenoxy) is 2. The number of para-hydroxylation sites is 1. The Labute approximate surface area is 180 Å². The number of hydrogen-bond donors (Lipinski definition) is 3. The van der Waals surface area contributed by atoms with Gasteiger partial charge in [-0.05, 0) is 47.9 Å². The second kappa shape index (κ2) is 12.8. The molecule has 0 aliphatic heterocycles. The van der Waals surface area contributed by atoms with Crippen LogP contribution in [0.1, 0.15) is 18.1 Å². The molecule has 3 N–H and O–H groups in total. The minimum atomic E-state index is -0.872. The van der Waals surface area contributed by atoms with Gasteiger partial charge in [0.05, 0.1) is 12.8 Å². The average Bonchev–Trinajstić information content (AvgIpc) is 2.79. The number of benzene rings is 2. The molecule has 0 saturated heterocycles. The Hall–Kier alpha value is -3.72. The lowest BCUT2D eigenvalue weighted by Crippen LogP contribution is -2.39. The van der Waals surface area contributed by atoms with E-state index in [1.54, 1.807) is 24.3 Å². The summed E-state index contributed by atoms with van der Waals surface area (Å²) in [6.07, 6.45) is 2.21. The zero-order valence-electron chi connectivity index (χ0n) is 17.5. The number of carbonyl (C=O) groups is 3. The molecule has 0 fully saturated rings. The number of nitrogens with zero attached hydrogens (tertiary/aromatic N) is 1. The fourth-order valence-electron chi connectivity index (χ4n) is 2.50. The third-order valence-electron chi connectivity index (χ3n) is 4.10. The third kappa shape index (κ3) is 8.27. The van der Waals surface area contributed by atoms with Gasteiger partial charge in [-0.25, -0.2) is 5.43 Å². The van der Waals surface area contributed by atoms with Crippen molar-refractivity contribution in [1.29, 1.82) is 0 Å². The van der Waals surface area contributed by atoms with Crippen LogP contribution in [0.3, 0.4) is 0 Å². The van der Waals surface area contributed by atoms with Gasteiger partial charge in [-0.2, -0.15) is 5.10 Å². The van der Waals surface area contributed by atoms with Gasteiger partial charge >= 0.3 is 11.8 Å². The molecule has 9 heteroatoms. The van der Waals surface area contributed by atoms with Crippen LogP contribution in [0.25, 0.3) is 0 Å². The van der Waals surface area contributed by atoms with Crippen LogP contribution in [-0.2, 0) is 25.5 Å². The van der Waals surface area contributed by atoms with Gasteiger partial charge in [0.1, 0.15) is 5.75 Å². The summed E-state index contributed by atoms with van der Waals surface area (Å²) in [7, 11) is 1.49. The first-order chi connectivity index (χ1) is 15.0. The number of rotatable bonds is 10. The molecule has 0 heterocycles. The number of methoxy groups -OCH3 is 1. The molecule has 2 aromatic rings. The van der Waals surface area contributed by atoms with Crippen LogP contribution in [0.2, 0.25) is 0 Å². The van der Waals surface area contributed by atoms with E-state index in [2.05, 4.69) is 21.2 Å². The summed E-state index contributed by atoms with van der Waals surface area (Å²) in [4.78, 5) is 35.2. The zero-order valence-corrected chi connectivity index (χ0v) is 17.5. The Morgan fingerprint density at radius 1 is 1.03 bits per heavy atom. The van der Waals surface area contributed by atoms with Gasteiger partial charge < -0.3 is 20.1 Å². The van der Waals surface area contributed by atoms with Gasteiger partial charge in [0.25, 0.3) is 5.91 Å². The number of carbonyl (C=O) groups excluding carboxylic acids is 3. The molecule has 0 aliphatic carbocycles. The van der Waals surface area contributed by atoms with E-state index in [9.17, 15) is 14.4 Å². The monoisotopic (exact) mass is 426 g/mol. The second-order valence-electron chi connectivity index (χ2n) is 6.36. The van der Waals surface area contributed by atoms with Gasteiger partial charge in [0.15, 0.2) is 6.61 Å². The van der Waals surface area contributed by atoms with Crippen LogP contribution < -0.4 is 20.8 Å². The predicted octanol–water partition coefficient (Wildman–Crippen LogP) is 1.48. The summed E-state index contributed by atoms with van der Waals surface area (Å²) >= 11 is 0. The highest BCUT2D eigenvalue weighted by Gasteiger charge is 2.11. The highest BCUT2D eigenvalue weighted by atomic mass is 16.5. The van der Waals surface area contributed by atoms with E-state index in [-0.39, 0.29) is 19.1 Å². The van der Waals surface area contributed by atoms with Gasteiger partial charge in [0, 0.05) is 19.3 Å². The molecule has 0 saturated carbocycles. The Kier molecular flexibility index (Phi) is 9.70. The van der Waals surface area contributed by atoms with E-state index in [0.29, 0.717) is 17.9 Å². The van der Waals surface area contributed by atoms with Crippen molar-refractivity contribution in [2.75, 3.05) is 32.2 Å². The smallest absolute Gasteiger partial charge is 0.329 e. The molecule has 0 unspecified atom stereocenters. The van der Waals surface area contributed by atoms with Crippen LogP contribution in [0.5, 0.6) is 5.75 Å². The molecule has 0 aromatic heterocycles. The molecule has 164 valence electrons. The number of amides is 3. The SMILES string of the molecule is CCc1ccccc1NC(=O)COc1ccc(/C=N\NC(=O)C(=O)NCCOC)cc1. The number of hydrogen-bond acceptors (Lipinski definition) is 6. The summed E-state index contributed by atoms with van der Waals surface area (Å²) < 4.78 is 10.3. The van der Waals surface area contributed by atoms with E-state index < -0.39 is 11.8 Å². The first kappa shape index (κ1) is 23.6. The molecule has 2 rings (SSSR count). The normalized spacial score (nSPS) is 10.5. The first-order valence-corrected chi connectivity index (χ1v) is 9.74. The van der Waals surface area contributed by atoms with Gasteiger partial charge in [-0.15, -0.1) is 0 Å². The third-order valence-corrected chi connectivity index (χ3v) is 4.10. The molecule has 0 radical (unpaired) electrons. The van der Waals surface area contributed by atoms with Crippen molar-refractivity contribution in [3.8, 4) is 5.75 Å². The Morgan fingerprint density at radius 3 is 2.48 bits per heavy atom. The van der Waals surface area contributed by atoms with Gasteiger partial charge in [0.2, 0.25) is 0 Å². The summed E-state index contributed by atoms with van der Waals surface area (Å²) in [5.41, 5.74) is 4.65. The van der Waals surface area contributed by atoms with Crippen molar-refractivity contribution in [1.82, 2.24) is 10.7 Å². The average molecular weight is 426 g/mol. The summed E-state index contributed by atoms with van der Waals surface area (Å²) in [6, 6.07) is 14.4. The minimum absolute atomic E-state index is 0.125. The van der Waals surface area contributed by atoms with Crippen LogP contribution in [0, 0.1) is 0 Å². The van der Waals surface area contributed by atoms with Crippen LogP contribution in [0.4, 0.5) is 5.69 Å². The molecule has 3 amide bonds. The van der Waals surface area contributed by atoms with E-state index in [4.69, 9.17) is 9.47 Å².